The molecule has 0 spiro atoms. The number of nitrogens with one attached hydrogen (secondary N) is 2. The Morgan fingerprint density at radius 1 is 1.26 bits per heavy atom. The summed E-state index contributed by atoms with van der Waals surface area (Å²) in [5, 5.41) is 6.30. The first-order valence-corrected chi connectivity index (χ1v) is 6.58. The van der Waals surface area contributed by atoms with E-state index in [9.17, 15) is 4.79 Å². The summed E-state index contributed by atoms with van der Waals surface area (Å²) in [6.45, 7) is 10.1. The maximum absolute atomic E-state index is 12.2. The zero-order valence-corrected chi connectivity index (χ0v) is 12.9. The van der Waals surface area contributed by atoms with E-state index in [0.29, 0.717) is 5.92 Å². The summed E-state index contributed by atoms with van der Waals surface area (Å²) in [6, 6.07) is 4.22. The molecule has 0 bridgehead atoms. The van der Waals surface area contributed by atoms with Crippen molar-refractivity contribution in [2.45, 2.75) is 27.7 Å². The van der Waals surface area contributed by atoms with Crippen molar-refractivity contribution in [2.75, 3.05) is 18.4 Å². The van der Waals surface area contributed by atoms with Crippen molar-refractivity contribution in [3.63, 3.8) is 0 Å². The molecule has 1 aliphatic rings. The number of hydrogen-bond acceptors (Lipinski definition) is 2. The van der Waals surface area contributed by atoms with Crippen LogP contribution >= 0.6 is 12.4 Å². The highest BCUT2D eigenvalue weighted by Crippen LogP contribution is 2.24. The molecule has 2 rings (SSSR count). The molecule has 2 N–H and O–H groups in total. The number of carbonyl (C=O) groups is 1. The molecule has 1 saturated heterocycles. The van der Waals surface area contributed by atoms with Gasteiger partial charge in [0.1, 0.15) is 0 Å². The van der Waals surface area contributed by atoms with Crippen molar-refractivity contribution in [2.24, 2.45) is 11.8 Å². The minimum Gasteiger partial charge on any atom is -0.325 e. The number of halogens is 1. The van der Waals surface area contributed by atoms with Crippen LogP contribution < -0.4 is 10.6 Å². The molecular formula is C15H23ClN2O. The van der Waals surface area contributed by atoms with Crippen LogP contribution in [0.1, 0.15) is 23.6 Å². The van der Waals surface area contributed by atoms with Crippen molar-refractivity contribution >= 4 is 24.0 Å². The van der Waals surface area contributed by atoms with Crippen molar-refractivity contribution < 1.29 is 4.79 Å². The summed E-state index contributed by atoms with van der Waals surface area (Å²) >= 11 is 0. The summed E-state index contributed by atoms with van der Waals surface area (Å²) in [5.74, 6) is 0.693. The van der Waals surface area contributed by atoms with E-state index in [1.165, 1.54) is 5.56 Å². The van der Waals surface area contributed by atoms with Gasteiger partial charge in [-0.2, -0.15) is 0 Å². The number of benzene rings is 1. The molecule has 1 unspecified atom stereocenters. The lowest BCUT2D eigenvalue weighted by Gasteiger charge is -2.32. The van der Waals surface area contributed by atoms with Gasteiger partial charge in [-0.1, -0.05) is 24.6 Å². The Morgan fingerprint density at radius 2 is 1.79 bits per heavy atom. The Balaban J connectivity index is 0.00000180. The second-order valence-corrected chi connectivity index (χ2v) is 5.47. The lowest BCUT2D eigenvalue weighted by atomic mass is 9.88. The largest absolute Gasteiger partial charge is 0.325 e. The summed E-state index contributed by atoms with van der Waals surface area (Å²) in [5.41, 5.74) is 4.49. The lowest BCUT2D eigenvalue weighted by Crippen LogP contribution is -2.48. The van der Waals surface area contributed by atoms with Gasteiger partial charge in [0.25, 0.3) is 0 Å². The highest BCUT2D eigenvalue weighted by Gasteiger charge is 2.29. The van der Waals surface area contributed by atoms with Gasteiger partial charge in [-0.25, -0.2) is 0 Å². The molecule has 1 aromatic rings. The molecule has 0 aliphatic carbocycles. The van der Waals surface area contributed by atoms with Gasteiger partial charge < -0.3 is 10.6 Å². The van der Waals surface area contributed by atoms with Crippen LogP contribution in [0.3, 0.4) is 0 Å². The summed E-state index contributed by atoms with van der Waals surface area (Å²) in [6.07, 6.45) is 0. The van der Waals surface area contributed by atoms with Crippen molar-refractivity contribution in [3.8, 4) is 0 Å². The van der Waals surface area contributed by atoms with E-state index in [1.54, 1.807) is 0 Å². The van der Waals surface area contributed by atoms with Gasteiger partial charge >= 0.3 is 0 Å². The van der Waals surface area contributed by atoms with Gasteiger partial charge in [0.05, 0.1) is 0 Å². The average Bonchev–Trinajstić information content (AvgIpc) is 2.20. The minimum atomic E-state index is 0. The number of anilines is 1. The van der Waals surface area contributed by atoms with Crippen LogP contribution in [0.5, 0.6) is 0 Å². The second kappa shape index (κ2) is 6.40. The molecule has 0 aromatic heterocycles. The van der Waals surface area contributed by atoms with Crippen LogP contribution in [-0.2, 0) is 4.79 Å². The molecule has 1 heterocycles. The smallest absolute Gasteiger partial charge is 0.227 e. The van der Waals surface area contributed by atoms with Crippen LogP contribution in [-0.4, -0.2) is 19.0 Å². The molecule has 1 atom stereocenters. The van der Waals surface area contributed by atoms with E-state index in [-0.39, 0.29) is 24.2 Å². The first-order valence-electron chi connectivity index (χ1n) is 6.58. The van der Waals surface area contributed by atoms with E-state index in [2.05, 4.69) is 29.7 Å². The fourth-order valence-corrected chi connectivity index (χ4v) is 2.49. The first kappa shape index (κ1) is 16.0. The van der Waals surface area contributed by atoms with Gasteiger partial charge in [-0.3, -0.25) is 4.79 Å². The zero-order valence-electron chi connectivity index (χ0n) is 12.0. The van der Waals surface area contributed by atoms with Crippen molar-refractivity contribution in [3.05, 3.63) is 28.8 Å². The SMILES string of the molecule is Cc1cc(C)c(NC(=O)C(C)C2CNC2)c(C)c1.Cl. The van der Waals surface area contributed by atoms with Crippen LogP contribution in [0.25, 0.3) is 0 Å². The highest BCUT2D eigenvalue weighted by molar-refractivity contribution is 5.94. The van der Waals surface area contributed by atoms with E-state index >= 15 is 0 Å². The van der Waals surface area contributed by atoms with Crippen molar-refractivity contribution in [1.29, 1.82) is 0 Å². The molecule has 1 fully saturated rings. The fraction of sp³-hybridized carbons (Fsp3) is 0.533. The third-order valence-electron chi connectivity index (χ3n) is 3.86. The van der Waals surface area contributed by atoms with Crippen LogP contribution in [0.15, 0.2) is 12.1 Å². The molecule has 4 heteroatoms. The summed E-state index contributed by atoms with van der Waals surface area (Å²) < 4.78 is 0. The predicted octanol–water partition coefficient (Wildman–Crippen LogP) is 2.83. The standard InChI is InChI=1S/C15H22N2O.ClH/c1-9-5-10(2)14(11(3)6-9)17-15(18)12(4)13-7-16-8-13;/h5-6,12-13,16H,7-8H2,1-4H3,(H,17,18);1H. The zero-order chi connectivity index (χ0) is 13.3. The maximum Gasteiger partial charge on any atom is 0.227 e. The molecule has 3 nitrogen and oxygen atoms in total. The number of rotatable bonds is 3. The first-order chi connectivity index (χ1) is 8.49. The number of amides is 1. The molecule has 1 amide bonds. The normalized spacial score (nSPS) is 16.2. The molecule has 0 radical (unpaired) electrons. The van der Waals surface area contributed by atoms with Gasteiger partial charge in [0.2, 0.25) is 5.91 Å². The Kier molecular flexibility index (Phi) is 5.39. The highest BCUT2D eigenvalue weighted by atomic mass is 35.5. The molecule has 106 valence electrons. The summed E-state index contributed by atoms with van der Waals surface area (Å²) in [4.78, 5) is 12.2. The molecule has 1 aliphatic heterocycles. The molecule has 0 saturated carbocycles. The van der Waals surface area contributed by atoms with Crippen LogP contribution in [0, 0.1) is 32.6 Å². The number of hydrogen-bond donors (Lipinski definition) is 2. The van der Waals surface area contributed by atoms with E-state index < -0.39 is 0 Å². The maximum atomic E-state index is 12.2. The Hall–Kier alpha value is -1.06. The average molecular weight is 283 g/mol. The topological polar surface area (TPSA) is 41.1 Å². The lowest BCUT2D eigenvalue weighted by molar-refractivity contribution is -0.121. The Bertz CT molecular complexity index is 446. The molecule has 1 aromatic carbocycles. The van der Waals surface area contributed by atoms with E-state index in [1.807, 2.05) is 20.8 Å². The fourth-order valence-electron chi connectivity index (χ4n) is 2.49. The quantitative estimate of drug-likeness (QED) is 0.895. The third-order valence-corrected chi connectivity index (χ3v) is 3.86. The van der Waals surface area contributed by atoms with Crippen LogP contribution in [0.2, 0.25) is 0 Å². The van der Waals surface area contributed by atoms with Gasteiger partial charge in [0.15, 0.2) is 0 Å². The van der Waals surface area contributed by atoms with E-state index in [4.69, 9.17) is 0 Å². The van der Waals surface area contributed by atoms with Gasteiger partial charge in [0, 0.05) is 11.6 Å². The second-order valence-electron chi connectivity index (χ2n) is 5.47. The van der Waals surface area contributed by atoms with E-state index in [0.717, 1.165) is 29.9 Å². The van der Waals surface area contributed by atoms with Gasteiger partial charge in [-0.15, -0.1) is 12.4 Å². The number of aryl methyl sites for hydroxylation is 3. The predicted molar refractivity (Wildman–Crippen MR) is 82.1 cm³/mol. The molecular weight excluding hydrogens is 260 g/mol. The summed E-state index contributed by atoms with van der Waals surface area (Å²) in [7, 11) is 0. The third kappa shape index (κ3) is 3.48. The Morgan fingerprint density at radius 3 is 2.21 bits per heavy atom. The monoisotopic (exact) mass is 282 g/mol. The van der Waals surface area contributed by atoms with Crippen molar-refractivity contribution in [1.82, 2.24) is 5.32 Å². The number of carbonyl (C=O) groups excluding carboxylic acids is 1. The Labute approximate surface area is 121 Å². The molecule has 19 heavy (non-hydrogen) atoms. The minimum absolute atomic E-state index is 0. The van der Waals surface area contributed by atoms with Gasteiger partial charge in [-0.05, 0) is 50.9 Å². The van der Waals surface area contributed by atoms with Crippen LogP contribution in [0.4, 0.5) is 5.69 Å².